The van der Waals surface area contributed by atoms with Gasteiger partial charge >= 0.3 is 6.03 Å². The summed E-state index contributed by atoms with van der Waals surface area (Å²) >= 11 is 6.22. The van der Waals surface area contributed by atoms with E-state index in [1.807, 2.05) is 48.5 Å². The molecule has 2 N–H and O–H groups in total. The summed E-state index contributed by atoms with van der Waals surface area (Å²) < 4.78 is 1.51. The summed E-state index contributed by atoms with van der Waals surface area (Å²) in [7, 11) is 0. The predicted molar refractivity (Wildman–Crippen MR) is 130 cm³/mol. The van der Waals surface area contributed by atoms with Gasteiger partial charge in [-0.25, -0.2) is 4.79 Å². The Morgan fingerprint density at radius 2 is 1.70 bits per heavy atom. The summed E-state index contributed by atoms with van der Waals surface area (Å²) in [5.41, 5.74) is 1.87. The van der Waals surface area contributed by atoms with E-state index in [0.717, 1.165) is 17.7 Å². The lowest BCUT2D eigenvalue weighted by atomic mass is 9.97. The molecule has 7 nitrogen and oxygen atoms in total. The molecule has 3 aromatic rings. The van der Waals surface area contributed by atoms with Crippen molar-refractivity contribution >= 4 is 34.9 Å². The molecule has 0 spiro atoms. The number of piperidine rings is 1. The van der Waals surface area contributed by atoms with E-state index in [2.05, 4.69) is 10.6 Å². The average Bonchev–Trinajstić information content (AvgIpc) is 2.83. The Kier molecular flexibility index (Phi) is 7.10. The molecule has 2 aromatic carbocycles. The number of nitrogens with zero attached hydrogens (tertiary/aromatic N) is 2. The van der Waals surface area contributed by atoms with E-state index in [1.165, 1.54) is 10.6 Å². The Morgan fingerprint density at radius 1 is 0.939 bits per heavy atom. The van der Waals surface area contributed by atoms with Gasteiger partial charge in [-0.05, 0) is 42.7 Å². The van der Waals surface area contributed by atoms with Gasteiger partial charge in [-0.2, -0.15) is 0 Å². The molecule has 1 fully saturated rings. The topological polar surface area (TPSA) is 83.4 Å². The van der Waals surface area contributed by atoms with Gasteiger partial charge in [-0.3, -0.25) is 9.59 Å². The quantitative estimate of drug-likeness (QED) is 0.585. The van der Waals surface area contributed by atoms with Crippen LogP contribution in [0.1, 0.15) is 18.4 Å². The Balaban J connectivity index is 1.40. The van der Waals surface area contributed by atoms with Gasteiger partial charge in [0.1, 0.15) is 0 Å². The number of aromatic nitrogens is 1. The maximum absolute atomic E-state index is 12.9. The first-order valence-electron chi connectivity index (χ1n) is 10.9. The van der Waals surface area contributed by atoms with E-state index in [4.69, 9.17) is 11.6 Å². The van der Waals surface area contributed by atoms with Crippen LogP contribution in [0.25, 0.3) is 0 Å². The number of nitrogens with one attached hydrogen (secondary N) is 2. The number of rotatable bonds is 5. The smallest absolute Gasteiger partial charge is 0.321 e. The van der Waals surface area contributed by atoms with Crippen molar-refractivity contribution in [3.63, 3.8) is 0 Å². The number of carbonyl (C=O) groups excluding carboxylic acids is 2. The molecule has 1 aromatic heterocycles. The molecular formula is C25H25ClN4O3. The van der Waals surface area contributed by atoms with E-state index in [0.29, 0.717) is 36.8 Å². The first-order valence-corrected chi connectivity index (χ1v) is 11.2. The van der Waals surface area contributed by atoms with Crippen molar-refractivity contribution in [2.24, 2.45) is 5.92 Å². The van der Waals surface area contributed by atoms with Gasteiger partial charge in [-0.1, -0.05) is 48.0 Å². The van der Waals surface area contributed by atoms with Crippen molar-refractivity contribution in [3.8, 4) is 0 Å². The number of para-hydroxylation sites is 1. The highest BCUT2D eigenvalue weighted by Gasteiger charge is 2.28. The van der Waals surface area contributed by atoms with Crippen LogP contribution in [0.5, 0.6) is 0 Å². The van der Waals surface area contributed by atoms with Crippen molar-refractivity contribution in [2.75, 3.05) is 23.7 Å². The normalized spacial score (nSPS) is 15.7. The number of amides is 3. The molecule has 1 atom stereocenters. The zero-order valence-corrected chi connectivity index (χ0v) is 18.8. The molecule has 4 rings (SSSR count). The number of benzene rings is 2. The van der Waals surface area contributed by atoms with Gasteiger partial charge in [0.05, 0.1) is 18.2 Å². The fourth-order valence-electron chi connectivity index (χ4n) is 3.88. The van der Waals surface area contributed by atoms with Crippen LogP contribution in [-0.4, -0.2) is 34.5 Å². The number of anilines is 2. The molecule has 1 unspecified atom stereocenters. The molecule has 3 amide bonds. The lowest BCUT2D eigenvalue weighted by Crippen LogP contribution is -2.45. The lowest BCUT2D eigenvalue weighted by Gasteiger charge is -2.32. The van der Waals surface area contributed by atoms with E-state index in [1.54, 1.807) is 23.2 Å². The Hall–Kier alpha value is -3.58. The van der Waals surface area contributed by atoms with Gasteiger partial charge in [-0.15, -0.1) is 0 Å². The molecule has 8 heteroatoms. The monoisotopic (exact) mass is 464 g/mol. The van der Waals surface area contributed by atoms with Gasteiger partial charge < -0.3 is 20.1 Å². The fourth-order valence-corrected chi connectivity index (χ4v) is 4.08. The van der Waals surface area contributed by atoms with Crippen molar-refractivity contribution in [1.29, 1.82) is 0 Å². The maximum Gasteiger partial charge on any atom is 0.321 e. The molecule has 0 bridgehead atoms. The first-order chi connectivity index (χ1) is 16.0. The van der Waals surface area contributed by atoms with Crippen LogP contribution in [-0.2, 0) is 11.3 Å². The van der Waals surface area contributed by atoms with Crippen LogP contribution in [0.15, 0.2) is 77.7 Å². The van der Waals surface area contributed by atoms with Crippen LogP contribution in [0.3, 0.4) is 0 Å². The number of likely N-dealkylation sites (tertiary alicyclic amines) is 1. The molecule has 1 aliphatic heterocycles. The highest BCUT2D eigenvalue weighted by atomic mass is 35.5. The fraction of sp³-hybridized carbons (Fsp3) is 0.240. The summed E-state index contributed by atoms with van der Waals surface area (Å²) in [5.74, 6) is -0.501. The Morgan fingerprint density at radius 3 is 2.48 bits per heavy atom. The van der Waals surface area contributed by atoms with Gasteiger partial charge in [0.15, 0.2) is 0 Å². The van der Waals surface area contributed by atoms with Crippen LogP contribution in [0, 0.1) is 5.92 Å². The maximum atomic E-state index is 12.9. The summed E-state index contributed by atoms with van der Waals surface area (Å²) in [4.78, 5) is 39.5. The third kappa shape index (κ3) is 5.81. The largest absolute Gasteiger partial charge is 0.324 e. The third-order valence-corrected chi connectivity index (χ3v) is 6.02. The average molecular weight is 465 g/mol. The van der Waals surface area contributed by atoms with E-state index >= 15 is 0 Å². The third-order valence-electron chi connectivity index (χ3n) is 5.65. The zero-order valence-electron chi connectivity index (χ0n) is 18.0. The second-order valence-corrected chi connectivity index (χ2v) is 8.45. The predicted octanol–water partition coefficient (Wildman–Crippen LogP) is 4.43. The summed E-state index contributed by atoms with van der Waals surface area (Å²) in [5, 5.41) is 6.35. The zero-order chi connectivity index (χ0) is 23.2. The Labute approximate surface area is 197 Å². The molecule has 33 heavy (non-hydrogen) atoms. The highest BCUT2D eigenvalue weighted by molar-refractivity contribution is 6.31. The minimum absolute atomic E-state index is 0.171. The van der Waals surface area contributed by atoms with Crippen LogP contribution >= 0.6 is 11.6 Å². The van der Waals surface area contributed by atoms with Gasteiger partial charge in [0, 0.05) is 36.1 Å². The van der Waals surface area contributed by atoms with Crippen LogP contribution in [0.4, 0.5) is 16.2 Å². The number of halogens is 1. The van der Waals surface area contributed by atoms with Crippen LogP contribution < -0.4 is 16.2 Å². The number of urea groups is 1. The molecule has 0 saturated carbocycles. The number of hydrogen-bond donors (Lipinski definition) is 2. The van der Waals surface area contributed by atoms with E-state index in [-0.39, 0.29) is 23.4 Å². The first kappa shape index (κ1) is 22.6. The summed E-state index contributed by atoms with van der Waals surface area (Å²) in [6.07, 6.45) is 3.05. The van der Waals surface area contributed by atoms with Gasteiger partial charge in [0.2, 0.25) is 5.91 Å². The number of hydrogen-bond acceptors (Lipinski definition) is 3. The highest BCUT2D eigenvalue weighted by Crippen LogP contribution is 2.20. The molecule has 1 aliphatic rings. The van der Waals surface area contributed by atoms with E-state index < -0.39 is 0 Å². The SMILES string of the molecule is O=C(Nc1ccc(=O)n(Cc2ccccc2Cl)c1)C1CCCN(C(=O)Nc2ccccc2)C1. The second kappa shape index (κ2) is 10.4. The second-order valence-electron chi connectivity index (χ2n) is 8.05. The molecular weight excluding hydrogens is 440 g/mol. The molecule has 170 valence electrons. The van der Waals surface area contributed by atoms with Crippen molar-refractivity contribution in [3.05, 3.63) is 93.9 Å². The van der Waals surface area contributed by atoms with Gasteiger partial charge in [0.25, 0.3) is 5.56 Å². The minimum atomic E-state index is -0.329. The Bertz CT molecular complexity index is 1200. The van der Waals surface area contributed by atoms with Crippen molar-refractivity contribution < 1.29 is 9.59 Å². The van der Waals surface area contributed by atoms with Crippen LogP contribution in [0.2, 0.25) is 5.02 Å². The van der Waals surface area contributed by atoms with Crippen molar-refractivity contribution in [2.45, 2.75) is 19.4 Å². The molecule has 1 saturated heterocycles. The summed E-state index contributed by atoms with van der Waals surface area (Å²) in [6.45, 7) is 1.24. The molecule has 2 heterocycles. The number of pyridine rings is 1. The van der Waals surface area contributed by atoms with Crippen molar-refractivity contribution in [1.82, 2.24) is 9.47 Å². The molecule has 0 radical (unpaired) electrons. The lowest BCUT2D eigenvalue weighted by molar-refractivity contribution is -0.121. The minimum Gasteiger partial charge on any atom is -0.324 e. The summed E-state index contributed by atoms with van der Waals surface area (Å²) in [6, 6.07) is 19.4. The molecule has 0 aliphatic carbocycles. The van der Waals surface area contributed by atoms with E-state index in [9.17, 15) is 14.4 Å². The standard InChI is InChI=1S/C25H25ClN4O3/c26-22-11-5-4-7-18(22)15-30-17-21(12-13-23(30)31)27-24(32)19-8-6-14-29(16-19)25(33)28-20-9-2-1-3-10-20/h1-5,7,9-13,17,19H,6,8,14-16H2,(H,27,32)(H,28,33). The number of carbonyl (C=O) groups is 2.